The van der Waals surface area contributed by atoms with Crippen molar-refractivity contribution in [1.29, 1.82) is 0 Å². The van der Waals surface area contributed by atoms with Gasteiger partial charge in [0.05, 0.1) is 0 Å². The maximum Gasteiger partial charge on any atom is 0.345 e. The Morgan fingerprint density at radius 3 is 2.19 bits per heavy atom. The van der Waals surface area contributed by atoms with E-state index in [-0.39, 0.29) is 17.7 Å². The third kappa shape index (κ3) is 1.69. The zero-order valence-corrected chi connectivity index (χ0v) is 12.1. The number of rotatable bonds is 1. The molecule has 1 aliphatic heterocycles. The molecule has 1 unspecified atom stereocenters. The molecule has 0 radical (unpaired) electrons. The van der Waals surface area contributed by atoms with Crippen LogP contribution in [0.3, 0.4) is 0 Å². The highest BCUT2D eigenvalue weighted by atomic mass is 16.7. The van der Waals surface area contributed by atoms with Crippen molar-refractivity contribution in [2.24, 2.45) is 23.2 Å². The summed E-state index contributed by atoms with van der Waals surface area (Å²) >= 11 is 0. The molecular weight excluding hydrogens is 264 g/mol. The first-order valence-electron chi connectivity index (χ1n) is 8.18. The van der Waals surface area contributed by atoms with Gasteiger partial charge in [-0.05, 0) is 68.4 Å². The minimum Gasteiger partial charge on any atom is -0.453 e. The lowest BCUT2D eigenvalue weighted by atomic mass is 9.49. The van der Waals surface area contributed by atoms with E-state index in [0.29, 0.717) is 11.3 Å². The smallest absolute Gasteiger partial charge is 0.345 e. The van der Waals surface area contributed by atoms with Crippen molar-refractivity contribution >= 4 is 5.97 Å². The van der Waals surface area contributed by atoms with Gasteiger partial charge in [0.15, 0.2) is 0 Å². The van der Waals surface area contributed by atoms with E-state index in [2.05, 4.69) is 0 Å². The first kappa shape index (κ1) is 12.1. The summed E-state index contributed by atoms with van der Waals surface area (Å²) in [6, 6.07) is 7.46. The Hall–Kier alpha value is -1.51. The monoisotopic (exact) mass is 284 g/mol. The zero-order chi connectivity index (χ0) is 14.0. The second-order valence-electron chi connectivity index (χ2n) is 7.63. The standard InChI is InChI=1S/C18H20O3/c19-16-14-3-1-2-4-15(14)20-17(21-16)18-8-11-5-12(9-18)7-13(6-11)10-18/h1-4,11-13,17H,5-10H2. The number of para-hydroxylation sites is 1. The molecular formula is C18H20O3. The first-order chi connectivity index (χ1) is 10.2. The lowest BCUT2D eigenvalue weighted by Gasteiger charge is -2.58. The number of cyclic esters (lactones) is 1. The molecule has 0 amide bonds. The summed E-state index contributed by atoms with van der Waals surface area (Å²) < 4.78 is 11.9. The Kier molecular flexibility index (Phi) is 2.31. The topological polar surface area (TPSA) is 35.5 Å². The SMILES string of the molecule is O=C1OC(C23CC4CC(CC(C4)C2)C3)Oc2ccccc21. The van der Waals surface area contributed by atoms with Crippen molar-refractivity contribution in [3.63, 3.8) is 0 Å². The van der Waals surface area contributed by atoms with E-state index in [9.17, 15) is 4.79 Å². The highest BCUT2D eigenvalue weighted by Crippen LogP contribution is 2.62. The molecule has 1 atom stereocenters. The van der Waals surface area contributed by atoms with Crippen LogP contribution in [0, 0.1) is 23.2 Å². The summed E-state index contributed by atoms with van der Waals surface area (Å²) in [5.41, 5.74) is 0.649. The molecule has 6 rings (SSSR count). The van der Waals surface area contributed by atoms with Gasteiger partial charge in [-0.3, -0.25) is 0 Å². The molecule has 0 aromatic heterocycles. The highest BCUT2D eigenvalue weighted by Gasteiger charge is 2.57. The van der Waals surface area contributed by atoms with Crippen LogP contribution < -0.4 is 4.74 Å². The third-order valence-corrected chi connectivity index (χ3v) is 6.14. The van der Waals surface area contributed by atoms with E-state index in [0.717, 1.165) is 17.8 Å². The van der Waals surface area contributed by atoms with Gasteiger partial charge in [0.1, 0.15) is 11.3 Å². The van der Waals surface area contributed by atoms with Crippen molar-refractivity contribution in [1.82, 2.24) is 0 Å². The van der Waals surface area contributed by atoms with Gasteiger partial charge in [0.25, 0.3) is 0 Å². The maximum atomic E-state index is 12.3. The number of hydrogen-bond acceptors (Lipinski definition) is 3. The number of fused-ring (bicyclic) bond motifs is 1. The number of ether oxygens (including phenoxy) is 2. The van der Waals surface area contributed by atoms with Gasteiger partial charge in [-0.1, -0.05) is 12.1 Å². The molecule has 4 aliphatic carbocycles. The van der Waals surface area contributed by atoms with Crippen molar-refractivity contribution in [3.05, 3.63) is 29.8 Å². The fourth-order valence-electron chi connectivity index (χ4n) is 5.75. The van der Waals surface area contributed by atoms with Gasteiger partial charge in [-0.15, -0.1) is 0 Å². The third-order valence-electron chi connectivity index (χ3n) is 6.14. The van der Waals surface area contributed by atoms with Crippen LogP contribution in [0.5, 0.6) is 5.75 Å². The van der Waals surface area contributed by atoms with Gasteiger partial charge < -0.3 is 9.47 Å². The minimum atomic E-state index is -0.367. The number of carbonyl (C=O) groups excluding carboxylic acids is 1. The molecule has 3 heteroatoms. The van der Waals surface area contributed by atoms with Crippen LogP contribution in [0.25, 0.3) is 0 Å². The van der Waals surface area contributed by atoms with Crippen LogP contribution in [0.2, 0.25) is 0 Å². The van der Waals surface area contributed by atoms with Crippen LogP contribution in [0.15, 0.2) is 24.3 Å². The van der Waals surface area contributed by atoms with Crippen LogP contribution in [-0.2, 0) is 4.74 Å². The average molecular weight is 284 g/mol. The van der Waals surface area contributed by atoms with Gasteiger partial charge >= 0.3 is 5.97 Å². The Balaban J connectivity index is 1.50. The number of esters is 1. The normalized spacial score (nSPS) is 43.1. The largest absolute Gasteiger partial charge is 0.453 e. The Bertz CT molecular complexity index is 571. The molecule has 4 saturated carbocycles. The maximum absolute atomic E-state index is 12.3. The molecule has 5 aliphatic rings. The molecule has 4 fully saturated rings. The zero-order valence-electron chi connectivity index (χ0n) is 12.1. The van der Waals surface area contributed by atoms with E-state index in [1.54, 1.807) is 6.07 Å². The molecule has 0 N–H and O–H groups in total. The van der Waals surface area contributed by atoms with E-state index in [4.69, 9.17) is 9.47 Å². The predicted octanol–water partition coefficient (Wildman–Crippen LogP) is 3.78. The summed E-state index contributed by atoms with van der Waals surface area (Å²) in [5, 5.41) is 0. The molecule has 21 heavy (non-hydrogen) atoms. The van der Waals surface area contributed by atoms with E-state index >= 15 is 0 Å². The average Bonchev–Trinajstić information content (AvgIpc) is 2.46. The summed E-state index contributed by atoms with van der Waals surface area (Å²) in [6.07, 6.45) is 7.33. The number of carbonyl (C=O) groups is 1. The van der Waals surface area contributed by atoms with Crippen molar-refractivity contribution in [3.8, 4) is 5.75 Å². The molecule has 110 valence electrons. The molecule has 1 aromatic carbocycles. The van der Waals surface area contributed by atoms with Crippen LogP contribution in [0.1, 0.15) is 48.9 Å². The first-order valence-corrected chi connectivity index (χ1v) is 8.18. The van der Waals surface area contributed by atoms with Crippen molar-refractivity contribution in [2.45, 2.75) is 44.8 Å². The summed E-state index contributed by atoms with van der Waals surface area (Å²) in [5.74, 6) is 2.98. The summed E-state index contributed by atoms with van der Waals surface area (Å²) in [7, 11) is 0. The molecule has 0 saturated heterocycles. The quantitative estimate of drug-likeness (QED) is 0.736. The van der Waals surface area contributed by atoms with Crippen molar-refractivity contribution < 1.29 is 14.3 Å². The van der Waals surface area contributed by atoms with Crippen LogP contribution >= 0.6 is 0 Å². The second kappa shape index (κ2) is 4.02. The van der Waals surface area contributed by atoms with Crippen molar-refractivity contribution in [2.75, 3.05) is 0 Å². The fourth-order valence-corrected chi connectivity index (χ4v) is 5.75. The molecule has 3 nitrogen and oxygen atoms in total. The van der Waals surface area contributed by atoms with Gasteiger partial charge in [-0.2, -0.15) is 0 Å². The van der Waals surface area contributed by atoms with Gasteiger partial charge in [-0.25, -0.2) is 4.79 Å². The van der Waals surface area contributed by atoms with Gasteiger partial charge in [0, 0.05) is 5.41 Å². The summed E-state index contributed by atoms with van der Waals surface area (Å²) in [6.45, 7) is 0. The number of hydrogen-bond donors (Lipinski definition) is 0. The Morgan fingerprint density at radius 2 is 1.52 bits per heavy atom. The van der Waals surface area contributed by atoms with E-state index < -0.39 is 0 Å². The van der Waals surface area contributed by atoms with Gasteiger partial charge in [0.2, 0.25) is 6.29 Å². The lowest BCUT2D eigenvalue weighted by molar-refractivity contribution is -0.197. The molecule has 1 aromatic rings. The molecule has 4 bridgehead atoms. The highest BCUT2D eigenvalue weighted by molar-refractivity contribution is 5.93. The Morgan fingerprint density at radius 1 is 0.905 bits per heavy atom. The van der Waals surface area contributed by atoms with Crippen LogP contribution in [-0.4, -0.2) is 12.3 Å². The minimum absolute atomic E-state index is 0.0813. The molecule has 0 spiro atoms. The fraction of sp³-hybridized carbons (Fsp3) is 0.611. The van der Waals surface area contributed by atoms with E-state index in [1.807, 2.05) is 18.2 Å². The second-order valence-corrected chi connectivity index (χ2v) is 7.63. The molecule has 1 heterocycles. The lowest BCUT2D eigenvalue weighted by Crippen LogP contribution is -2.55. The number of benzene rings is 1. The summed E-state index contributed by atoms with van der Waals surface area (Å²) in [4.78, 5) is 12.3. The van der Waals surface area contributed by atoms with E-state index in [1.165, 1.54) is 38.5 Å². The van der Waals surface area contributed by atoms with Crippen LogP contribution in [0.4, 0.5) is 0 Å². The predicted molar refractivity (Wildman–Crippen MR) is 76.9 cm³/mol. The Labute approximate surface area is 124 Å².